The molecule has 0 bridgehead atoms. The third-order valence-electron chi connectivity index (χ3n) is 4.05. The molecule has 100 valence electrons. The summed E-state index contributed by atoms with van der Waals surface area (Å²) < 4.78 is 1.98. The van der Waals surface area contributed by atoms with Crippen LogP contribution < -0.4 is 4.90 Å². The molecule has 20 heavy (non-hydrogen) atoms. The van der Waals surface area contributed by atoms with Gasteiger partial charge in [-0.1, -0.05) is 35.5 Å². The number of hydrogen-bond donors (Lipinski definition) is 0. The highest BCUT2D eigenvalue weighted by atomic mass is 15.5. The molecule has 4 rings (SSSR count). The summed E-state index contributed by atoms with van der Waals surface area (Å²) in [6, 6.07) is 17.2. The topological polar surface area (TPSA) is 34.0 Å². The number of benzene rings is 2. The van der Waals surface area contributed by atoms with Crippen LogP contribution in [0.1, 0.15) is 12.5 Å². The third kappa shape index (κ3) is 1.68. The average molecular weight is 264 g/mol. The van der Waals surface area contributed by atoms with Gasteiger partial charge >= 0.3 is 0 Å². The maximum absolute atomic E-state index is 4.29. The quantitative estimate of drug-likeness (QED) is 0.713. The van der Waals surface area contributed by atoms with Gasteiger partial charge < -0.3 is 4.90 Å². The summed E-state index contributed by atoms with van der Waals surface area (Å²) in [6.45, 7) is 3.01. The largest absolute Gasteiger partial charge is 0.349 e. The molecule has 0 aliphatic carbocycles. The normalized spacial score (nSPS) is 17.6. The van der Waals surface area contributed by atoms with Crippen LogP contribution >= 0.6 is 0 Å². The summed E-state index contributed by atoms with van der Waals surface area (Å²) in [7, 11) is 0. The molecular formula is C16H16N4. The molecule has 0 spiro atoms. The van der Waals surface area contributed by atoms with Crippen LogP contribution in [0.4, 0.5) is 5.69 Å². The Kier molecular flexibility index (Phi) is 2.49. The standard InChI is InChI=1S/C16H16N4/c1-12-10-13-6-2-4-8-15(13)19(12)11-20-16-9-5-3-7-14(16)17-18-20/h2-9,12H,10-11H2,1H3/t12-/m1/s1. The van der Waals surface area contributed by atoms with Crippen molar-refractivity contribution in [3.63, 3.8) is 0 Å². The van der Waals surface area contributed by atoms with Gasteiger partial charge in [0.1, 0.15) is 12.2 Å². The van der Waals surface area contributed by atoms with Crippen molar-refractivity contribution in [2.75, 3.05) is 4.90 Å². The minimum atomic E-state index is 0.496. The van der Waals surface area contributed by atoms with Crippen molar-refractivity contribution in [3.05, 3.63) is 54.1 Å². The van der Waals surface area contributed by atoms with E-state index in [-0.39, 0.29) is 0 Å². The fraction of sp³-hybridized carbons (Fsp3) is 0.250. The van der Waals surface area contributed by atoms with Crippen molar-refractivity contribution in [3.8, 4) is 0 Å². The summed E-state index contributed by atoms with van der Waals surface area (Å²) >= 11 is 0. The zero-order valence-corrected chi connectivity index (χ0v) is 11.4. The van der Waals surface area contributed by atoms with Gasteiger partial charge in [0.15, 0.2) is 0 Å². The van der Waals surface area contributed by atoms with Crippen LogP contribution in [-0.2, 0) is 13.1 Å². The van der Waals surface area contributed by atoms with Gasteiger partial charge in [-0.05, 0) is 37.1 Å². The van der Waals surface area contributed by atoms with E-state index in [4.69, 9.17) is 0 Å². The molecule has 0 fully saturated rings. The average Bonchev–Trinajstić information content (AvgIpc) is 3.02. The van der Waals surface area contributed by atoms with Gasteiger partial charge in [-0.2, -0.15) is 0 Å². The molecule has 0 N–H and O–H groups in total. The van der Waals surface area contributed by atoms with E-state index in [1.807, 2.05) is 22.9 Å². The molecule has 1 atom stereocenters. The molecule has 0 radical (unpaired) electrons. The zero-order chi connectivity index (χ0) is 13.5. The van der Waals surface area contributed by atoms with Crippen molar-refractivity contribution >= 4 is 16.7 Å². The van der Waals surface area contributed by atoms with E-state index in [0.29, 0.717) is 6.04 Å². The van der Waals surface area contributed by atoms with Crippen LogP contribution in [0.3, 0.4) is 0 Å². The fourth-order valence-corrected chi connectivity index (χ4v) is 3.01. The first-order valence-electron chi connectivity index (χ1n) is 6.96. The van der Waals surface area contributed by atoms with Gasteiger partial charge in [-0.15, -0.1) is 5.10 Å². The van der Waals surface area contributed by atoms with E-state index in [2.05, 4.69) is 52.5 Å². The SMILES string of the molecule is C[C@@H]1Cc2ccccc2N1Cn1nnc2ccccc21. The van der Waals surface area contributed by atoms with Gasteiger partial charge in [0.25, 0.3) is 0 Å². The highest BCUT2D eigenvalue weighted by Gasteiger charge is 2.26. The van der Waals surface area contributed by atoms with Crippen LogP contribution in [0.2, 0.25) is 0 Å². The maximum atomic E-state index is 4.29. The Balaban J connectivity index is 1.72. The summed E-state index contributed by atoms with van der Waals surface area (Å²) in [6.07, 6.45) is 1.10. The van der Waals surface area contributed by atoms with E-state index in [1.54, 1.807) is 0 Å². The fourth-order valence-electron chi connectivity index (χ4n) is 3.01. The Hall–Kier alpha value is -2.36. The monoisotopic (exact) mass is 264 g/mol. The van der Waals surface area contributed by atoms with Gasteiger partial charge in [0.05, 0.1) is 5.52 Å². The van der Waals surface area contributed by atoms with Gasteiger partial charge in [-0.3, -0.25) is 0 Å². The molecule has 4 heteroatoms. The molecule has 2 aromatic carbocycles. The minimum Gasteiger partial charge on any atom is -0.349 e. The first-order valence-corrected chi connectivity index (χ1v) is 6.96. The number of nitrogens with zero attached hydrogens (tertiary/aromatic N) is 4. The highest BCUT2D eigenvalue weighted by molar-refractivity contribution is 5.74. The predicted octanol–water partition coefficient (Wildman–Crippen LogP) is 2.84. The second kappa shape index (κ2) is 4.34. The van der Waals surface area contributed by atoms with Crippen LogP contribution in [0.5, 0.6) is 0 Å². The van der Waals surface area contributed by atoms with Crippen molar-refractivity contribution in [1.82, 2.24) is 15.0 Å². The molecule has 0 unspecified atom stereocenters. The lowest BCUT2D eigenvalue weighted by molar-refractivity contribution is 0.536. The van der Waals surface area contributed by atoms with Crippen LogP contribution in [-0.4, -0.2) is 21.0 Å². The van der Waals surface area contributed by atoms with E-state index in [9.17, 15) is 0 Å². The Morgan fingerprint density at radius 2 is 1.90 bits per heavy atom. The van der Waals surface area contributed by atoms with Crippen molar-refractivity contribution in [1.29, 1.82) is 0 Å². The molecular weight excluding hydrogens is 248 g/mol. The first-order chi connectivity index (χ1) is 9.83. The molecule has 1 aliphatic rings. The third-order valence-corrected chi connectivity index (χ3v) is 4.05. The minimum absolute atomic E-state index is 0.496. The van der Waals surface area contributed by atoms with Crippen LogP contribution in [0, 0.1) is 0 Å². The molecule has 1 aliphatic heterocycles. The number of rotatable bonds is 2. The Morgan fingerprint density at radius 3 is 2.85 bits per heavy atom. The van der Waals surface area contributed by atoms with Crippen LogP contribution in [0.15, 0.2) is 48.5 Å². The van der Waals surface area contributed by atoms with Crippen molar-refractivity contribution in [2.24, 2.45) is 0 Å². The number of aromatic nitrogens is 3. The Bertz CT molecular complexity index is 762. The highest BCUT2D eigenvalue weighted by Crippen LogP contribution is 2.32. The first kappa shape index (κ1) is 11.5. The van der Waals surface area contributed by atoms with Crippen LogP contribution in [0.25, 0.3) is 11.0 Å². The van der Waals surface area contributed by atoms with E-state index in [0.717, 1.165) is 24.1 Å². The second-order valence-electron chi connectivity index (χ2n) is 5.37. The van der Waals surface area contributed by atoms with Gasteiger partial charge in [0.2, 0.25) is 0 Å². The number of hydrogen-bond acceptors (Lipinski definition) is 3. The lowest BCUT2D eigenvalue weighted by Gasteiger charge is -2.24. The Labute approximate surface area is 117 Å². The van der Waals surface area contributed by atoms with Crippen molar-refractivity contribution in [2.45, 2.75) is 26.1 Å². The molecule has 1 aromatic heterocycles. The zero-order valence-electron chi connectivity index (χ0n) is 11.4. The summed E-state index contributed by atoms with van der Waals surface area (Å²) in [5.41, 5.74) is 4.78. The number of fused-ring (bicyclic) bond motifs is 2. The molecule has 0 saturated heterocycles. The molecule has 4 nitrogen and oxygen atoms in total. The Morgan fingerprint density at radius 1 is 1.10 bits per heavy atom. The van der Waals surface area contributed by atoms with Gasteiger partial charge in [0, 0.05) is 11.7 Å². The summed E-state index contributed by atoms with van der Waals surface area (Å²) in [4.78, 5) is 2.40. The van der Waals surface area contributed by atoms with E-state index >= 15 is 0 Å². The molecule has 0 amide bonds. The second-order valence-corrected chi connectivity index (χ2v) is 5.37. The molecule has 2 heterocycles. The lowest BCUT2D eigenvalue weighted by atomic mass is 10.1. The van der Waals surface area contributed by atoms with E-state index < -0.39 is 0 Å². The predicted molar refractivity (Wildman–Crippen MR) is 79.6 cm³/mol. The van der Waals surface area contributed by atoms with Crippen molar-refractivity contribution < 1.29 is 0 Å². The molecule has 0 saturated carbocycles. The van der Waals surface area contributed by atoms with Gasteiger partial charge in [-0.25, -0.2) is 4.68 Å². The summed E-state index contributed by atoms with van der Waals surface area (Å²) in [5, 5.41) is 8.52. The lowest BCUT2D eigenvalue weighted by Crippen LogP contribution is -2.31. The maximum Gasteiger partial charge on any atom is 0.114 e. The summed E-state index contributed by atoms with van der Waals surface area (Å²) in [5.74, 6) is 0. The number of anilines is 1. The number of para-hydroxylation sites is 2. The molecule has 3 aromatic rings. The smallest absolute Gasteiger partial charge is 0.114 e. The van der Waals surface area contributed by atoms with E-state index in [1.165, 1.54) is 11.3 Å².